The topological polar surface area (TPSA) is 134 Å². The van der Waals surface area contributed by atoms with Gasteiger partial charge in [0.2, 0.25) is 15.9 Å². The van der Waals surface area contributed by atoms with Gasteiger partial charge in [-0.1, -0.05) is 19.8 Å². The summed E-state index contributed by atoms with van der Waals surface area (Å²) in [5.74, 6) is -0.860. The van der Waals surface area contributed by atoms with Crippen molar-refractivity contribution in [3.05, 3.63) is 18.2 Å². The molecule has 1 saturated carbocycles. The van der Waals surface area contributed by atoms with Crippen LogP contribution >= 0.6 is 0 Å². The van der Waals surface area contributed by atoms with E-state index in [1.807, 2.05) is 6.92 Å². The van der Waals surface area contributed by atoms with E-state index >= 15 is 0 Å². The molecular weight excluding hydrogens is 464 g/mol. The number of hydrogen-bond donors (Lipinski definition) is 2. The number of anilines is 1. The molecule has 2 atom stereocenters. The van der Waals surface area contributed by atoms with Gasteiger partial charge in [0.1, 0.15) is 22.7 Å². The van der Waals surface area contributed by atoms with Crippen molar-refractivity contribution in [2.24, 2.45) is 5.92 Å². The van der Waals surface area contributed by atoms with E-state index in [2.05, 4.69) is 10.6 Å². The number of imide groups is 1. The van der Waals surface area contributed by atoms with Crippen molar-refractivity contribution in [2.45, 2.75) is 43.0 Å². The quantitative estimate of drug-likeness (QED) is 0.567. The van der Waals surface area contributed by atoms with Gasteiger partial charge in [-0.3, -0.25) is 14.5 Å². The van der Waals surface area contributed by atoms with Crippen LogP contribution in [0.5, 0.6) is 5.75 Å². The Kier molecular flexibility index (Phi) is 6.83. The summed E-state index contributed by atoms with van der Waals surface area (Å²) < 4.78 is 38.1. The van der Waals surface area contributed by atoms with Gasteiger partial charge in [0.15, 0.2) is 0 Å². The first kappa shape index (κ1) is 24.4. The zero-order chi connectivity index (χ0) is 24.5. The van der Waals surface area contributed by atoms with Crippen LogP contribution in [0.2, 0.25) is 0 Å². The second kappa shape index (κ2) is 9.51. The average Bonchev–Trinajstić information content (AvgIpc) is 3.06. The molecule has 0 aromatic heterocycles. The summed E-state index contributed by atoms with van der Waals surface area (Å²) in [6, 6.07) is 3.69. The number of carbonyl (C=O) groups is 3. The van der Waals surface area contributed by atoms with Crippen molar-refractivity contribution in [3.8, 4) is 5.75 Å². The number of sulfonamides is 1. The molecule has 1 aliphatic carbocycles. The maximum Gasteiger partial charge on any atom is 0.325 e. The number of morpholine rings is 1. The van der Waals surface area contributed by atoms with Gasteiger partial charge in [0.25, 0.3) is 5.91 Å². The van der Waals surface area contributed by atoms with Crippen molar-refractivity contribution in [1.29, 1.82) is 0 Å². The molecule has 186 valence electrons. The maximum atomic E-state index is 13.1. The number of nitrogens with one attached hydrogen (secondary N) is 2. The first-order valence-electron chi connectivity index (χ1n) is 11.4. The molecule has 0 bridgehead atoms. The standard InChI is InChI=1S/C22H30N4O7S/c1-15-5-3-4-8-22(15)20(28)26(21(29)24-22)14-19(27)23-16-6-7-17(32-2)18(13-16)34(30,31)25-9-11-33-12-10-25/h6-7,13,15H,3-5,8-12,14H2,1-2H3,(H,23,27)(H,24,29)/t15-,22+/m1/s1. The lowest BCUT2D eigenvalue weighted by Gasteiger charge is -2.36. The van der Waals surface area contributed by atoms with E-state index in [0.29, 0.717) is 19.6 Å². The molecule has 4 rings (SSSR count). The zero-order valence-corrected chi connectivity index (χ0v) is 20.2. The third-order valence-electron chi connectivity index (χ3n) is 6.84. The number of hydrogen-bond acceptors (Lipinski definition) is 7. The predicted octanol–water partition coefficient (Wildman–Crippen LogP) is 1.16. The number of ether oxygens (including phenoxy) is 2. The molecule has 2 aliphatic heterocycles. The van der Waals surface area contributed by atoms with Gasteiger partial charge < -0.3 is 20.1 Å². The molecule has 2 saturated heterocycles. The van der Waals surface area contributed by atoms with Crippen molar-refractivity contribution in [1.82, 2.24) is 14.5 Å². The molecule has 34 heavy (non-hydrogen) atoms. The summed E-state index contributed by atoms with van der Waals surface area (Å²) in [6.45, 7) is 2.50. The number of carbonyl (C=O) groups excluding carboxylic acids is 3. The lowest BCUT2D eigenvalue weighted by atomic mass is 9.73. The van der Waals surface area contributed by atoms with Crippen LogP contribution in [-0.4, -0.2) is 81.0 Å². The molecular formula is C22H30N4O7S. The Bertz CT molecular complexity index is 1090. The van der Waals surface area contributed by atoms with E-state index in [1.165, 1.54) is 29.6 Å². The first-order valence-corrected chi connectivity index (χ1v) is 12.8. The normalized spacial score (nSPS) is 25.9. The Morgan fingerprint density at radius 1 is 1.26 bits per heavy atom. The largest absolute Gasteiger partial charge is 0.495 e. The summed E-state index contributed by atoms with van der Waals surface area (Å²) in [4.78, 5) is 39.2. The number of methoxy groups -OCH3 is 1. The Morgan fingerprint density at radius 2 is 2.00 bits per heavy atom. The highest BCUT2D eigenvalue weighted by Crippen LogP contribution is 2.38. The van der Waals surface area contributed by atoms with Gasteiger partial charge >= 0.3 is 6.03 Å². The van der Waals surface area contributed by atoms with Gasteiger partial charge in [-0.15, -0.1) is 0 Å². The zero-order valence-electron chi connectivity index (χ0n) is 19.3. The molecule has 0 radical (unpaired) electrons. The molecule has 1 spiro atoms. The third kappa shape index (κ3) is 4.37. The van der Waals surface area contributed by atoms with Gasteiger partial charge in [0.05, 0.1) is 20.3 Å². The molecule has 12 heteroatoms. The van der Waals surface area contributed by atoms with Crippen molar-refractivity contribution < 1.29 is 32.3 Å². The predicted molar refractivity (Wildman–Crippen MR) is 122 cm³/mol. The maximum absolute atomic E-state index is 13.1. The van der Waals surface area contributed by atoms with Gasteiger partial charge in [-0.2, -0.15) is 4.31 Å². The van der Waals surface area contributed by atoms with E-state index in [-0.39, 0.29) is 41.2 Å². The molecule has 2 heterocycles. The molecule has 4 amide bonds. The number of nitrogens with zero attached hydrogens (tertiary/aromatic N) is 2. The summed E-state index contributed by atoms with van der Waals surface area (Å²) in [7, 11) is -2.51. The lowest BCUT2D eigenvalue weighted by molar-refractivity contribution is -0.136. The van der Waals surface area contributed by atoms with Gasteiger partial charge in [0, 0.05) is 18.8 Å². The van der Waals surface area contributed by atoms with E-state index in [4.69, 9.17) is 9.47 Å². The summed E-state index contributed by atoms with van der Waals surface area (Å²) in [6.07, 6.45) is 3.22. The SMILES string of the molecule is COc1ccc(NC(=O)CN2C(=O)N[C@]3(CCCC[C@H]3C)C2=O)cc1S(=O)(=O)N1CCOCC1. The Hall–Kier alpha value is -2.70. The van der Waals surface area contributed by atoms with E-state index in [9.17, 15) is 22.8 Å². The first-order chi connectivity index (χ1) is 16.2. The Labute approximate surface area is 198 Å². The molecule has 3 aliphatic rings. The molecule has 1 aromatic rings. The van der Waals surface area contributed by atoms with Crippen molar-refractivity contribution in [3.63, 3.8) is 0 Å². The number of benzene rings is 1. The van der Waals surface area contributed by atoms with E-state index < -0.39 is 34.0 Å². The molecule has 11 nitrogen and oxygen atoms in total. The minimum absolute atomic E-state index is 0.0136. The molecule has 1 aromatic carbocycles. The Balaban J connectivity index is 1.50. The van der Waals surface area contributed by atoms with Crippen LogP contribution in [0.4, 0.5) is 10.5 Å². The minimum atomic E-state index is -3.88. The fourth-order valence-electron chi connectivity index (χ4n) is 4.87. The van der Waals surface area contributed by atoms with Crippen LogP contribution in [0.25, 0.3) is 0 Å². The van der Waals surface area contributed by atoms with Crippen LogP contribution in [0.15, 0.2) is 23.1 Å². The highest BCUT2D eigenvalue weighted by atomic mass is 32.2. The third-order valence-corrected chi connectivity index (χ3v) is 8.76. The van der Waals surface area contributed by atoms with Crippen LogP contribution in [0, 0.1) is 5.92 Å². The summed E-state index contributed by atoms with van der Waals surface area (Å²) in [5.41, 5.74) is -0.736. The molecule has 3 fully saturated rings. The smallest absolute Gasteiger partial charge is 0.325 e. The fourth-order valence-corrected chi connectivity index (χ4v) is 6.45. The van der Waals surface area contributed by atoms with Crippen LogP contribution in [0.1, 0.15) is 32.6 Å². The van der Waals surface area contributed by atoms with Gasteiger partial charge in [-0.05, 0) is 37.0 Å². The van der Waals surface area contributed by atoms with Gasteiger partial charge in [-0.25, -0.2) is 13.2 Å². The highest BCUT2D eigenvalue weighted by Gasteiger charge is 2.55. The fraction of sp³-hybridized carbons (Fsp3) is 0.591. The summed E-state index contributed by atoms with van der Waals surface area (Å²) in [5, 5.41) is 5.42. The highest BCUT2D eigenvalue weighted by molar-refractivity contribution is 7.89. The second-order valence-corrected chi connectivity index (χ2v) is 10.8. The number of rotatable bonds is 6. The van der Waals surface area contributed by atoms with E-state index in [0.717, 1.165) is 24.2 Å². The average molecular weight is 495 g/mol. The number of urea groups is 1. The van der Waals surface area contributed by atoms with E-state index in [1.54, 1.807) is 0 Å². The van der Waals surface area contributed by atoms with Crippen LogP contribution in [0.3, 0.4) is 0 Å². The van der Waals surface area contributed by atoms with Crippen molar-refractivity contribution in [2.75, 3.05) is 45.3 Å². The van der Waals surface area contributed by atoms with Crippen molar-refractivity contribution >= 4 is 33.6 Å². The number of amides is 4. The Morgan fingerprint density at radius 3 is 2.68 bits per heavy atom. The molecule has 2 N–H and O–H groups in total. The second-order valence-electron chi connectivity index (χ2n) is 8.87. The molecule has 0 unspecified atom stereocenters. The monoisotopic (exact) mass is 494 g/mol. The lowest BCUT2D eigenvalue weighted by Crippen LogP contribution is -2.54. The summed E-state index contributed by atoms with van der Waals surface area (Å²) >= 11 is 0. The minimum Gasteiger partial charge on any atom is -0.495 e. The van der Waals surface area contributed by atoms with Crippen LogP contribution < -0.4 is 15.4 Å². The van der Waals surface area contributed by atoms with Crippen LogP contribution in [-0.2, 0) is 24.3 Å².